The van der Waals surface area contributed by atoms with Gasteiger partial charge in [0.25, 0.3) is 0 Å². The minimum atomic E-state index is -0.255. The van der Waals surface area contributed by atoms with Gasteiger partial charge in [0.2, 0.25) is 0 Å². The summed E-state index contributed by atoms with van der Waals surface area (Å²) in [5, 5.41) is 0. The molecule has 0 bridgehead atoms. The van der Waals surface area contributed by atoms with Crippen molar-refractivity contribution in [1.82, 2.24) is 4.90 Å². The maximum atomic E-state index is 12.0. The van der Waals surface area contributed by atoms with Crippen LogP contribution in [0.25, 0.3) is 0 Å². The molecule has 0 aromatic carbocycles. The lowest BCUT2D eigenvalue weighted by Gasteiger charge is -2.38. The molecule has 1 fully saturated rings. The molecule has 0 saturated carbocycles. The third-order valence-electron chi connectivity index (χ3n) is 4.58. The Bertz CT molecular complexity index is 422. The highest BCUT2D eigenvalue weighted by atomic mass is 127. The van der Waals surface area contributed by atoms with Crippen LogP contribution in [0, 0.1) is 0 Å². The first-order valence-electron chi connectivity index (χ1n) is 10.7. The van der Waals surface area contributed by atoms with Crippen molar-refractivity contribution < 1.29 is 66.4 Å². The predicted octanol–water partition coefficient (Wildman–Crippen LogP) is -2.75. The number of methoxy groups -OCH3 is 1. The number of halogens is 1. The second-order valence-corrected chi connectivity index (χ2v) is 7.54. The Morgan fingerprint density at radius 2 is 1.03 bits per heavy atom. The highest BCUT2D eigenvalue weighted by Crippen LogP contribution is 2.07. The Balaban J connectivity index is 0.00000900. The number of nitrogens with zero attached hydrogens (tertiary/aromatic N) is 2. The van der Waals surface area contributed by atoms with Gasteiger partial charge < -0.3 is 61.6 Å². The fourth-order valence-electron chi connectivity index (χ4n) is 2.59. The Kier molecular flexibility index (Phi) is 20.2. The zero-order chi connectivity index (χ0) is 21.9. The van der Waals surface area contributed by atoms with Gasteiger partial charge in [0.05, 0.1) is 113 Å². The summed E-state index contributed by atoms with van der Waals surface area (Å²) in [5.41, 5.74) is 0. The summed E-state index contributed by atoms with van der Waals surface area (Å²) in [7, 11) is 5.98. The molecule has 0 spiro atoms. The molecule has 31 heavy (non-hydrogen) atoms. The molecule has 0 aliphatic carbocycles. The number of piperazine rings is 1. The smallest absolute Gasteiger partial charge is 0.410 e. The normalized spacial score (nSPS) is 15.5. The van der Waals surface area contributed by atoms with Crippen LogP contribution >= 0.6 is 0 Å². The van der Waals surface area contributed by atoms with E-state index in [0.29, 0.717) is 72.7 Å². The van der Waals surface area contributed by atoms with Crippen molar-refractivity contribution in [3.63, 3.8) is 0 Å². The zero-order valence-corrected chi connectivity index (χ0v) is 21.5. The molecule has 0 aromatic heterocycles. The molecule has 10 nitrogen and oxygen atoms in total. The van der Waals surface area contributed by atoms with Gasteiger partial charge in [0, 0.05) is 7.11 Å². The summed E-state index contributed by atoms with van der Waals surface area (Å²) < 4.78 is 37.9. The number of hydrogen-bond acceptors (Lipinski definition) is 8. The molecule has 1 heterocycles. The number of hydrogen-bond donors (Lipinski definition) is 0. The van der Waals surface area contributed by atoms with E-state index in [0.717, 1.165) is 30.7 Å². The first kappa shape index (κ1) is 30.7. The van der Waals surface area contributed by atoms with E-state index in [1.807, 2.05) is 0 Å². The molecule has 1 aliphatic heterocycles. The van der Waals surface area contributed by atoms with Crippen LogP contribution in [0.2, 0.25) is 0 Å². The molecule has 0 radical (unpaired) electrons. The van der Waals surface area contributed by atoms with E-state index in [1.54, 1.807) is 12.0 Å². The lowest BCUT2D eigenvalue weighted by atomic mass is 10.3. The highest BCUT2D eigenvalue weighted by molar-refractivity contribution is 5.67. The monoisotopic (exact) mass is 564 g/mol. The van der Waals surface area contributed by atoms with Crippen LogP contribution in [0.3, 0.4) is 0 Å². The number of quaternary nitrogens is 1. The fourth-order valence-corrected chi connectivity index (χ4v) is 2.59. The molecule has 1 rings (SSSR count). The van der Waals surface area contributed by atoms with E-state index in [4.69, 9.17) is 33.2 Å². The summed E-state index contributed by atoms with van der Waals surface area (Å²) in [4.78, 5) is 13.7. The number of carbonyl (C=O) groups excluding carboxylic acids is 1. The number of likely N-dealkylation sites (N-methyl/N-ethyl adjacent to an activating group) is 1. The fraction of sp³-hybridized carbons (Fsp3) is 0.950. The molecule has 186 valence electrons. The standard InChI is InChI=1S/C20H41N2O8.HI/c1-22(2)6-4-21(5-7-22)20(23)30-19-18-29-17-16-28-15-14-27-13-12-26-11-10-25-9-8-24-3;/h4-19H2,1-3H3;1H/q+1;/p-1. The maximum Gasteiger partial charge on any atom is 0.410 e. The van der Waals surface area contributed by atoms with Crippen LogP contribution in [0.5, 0.6) is 0 Å². The second kappa shape index (κ2) is 20.3. The van der Waals surface area contributed by atoms with Crippen LogP contribution in [-0.4, -0.2) is 142 Å². The van der Waals surface area contributed by atoms with E-state index < -0.39 is 0 Å². The molecule has 0 N–H and O–H groups in total. The Labute approximate surface area is 203 Å². The predicted molar refractivity (Wildman–Crippen MR) is 111 cm³/mol. The van der Waals surface area contributed by atoms with Gasteiger partial charge in [0.15, 0.2) is 0 Å². The van der Waals surface area contributed by atoms with Gasteiger partial charge in [-0.3, -0.25) is 4.90 Å². The molecule has 11 heteroatoms. The summed E-state index contributed by atoms with van der Waals surface area (Å²) in [6.07, 6.45) is -0.255. The van der Waals surface area contributed by atoms with Gasteiger partial charge in [-0.15, -0.1) is 0 Å². The lowest BCUT2D eigenvalue weighted by molar-refractivity contribution is -0.894. The van der Waals surface area contributed by atoms with Crippen molar-refractivity contribution >= 4 is 6.09 Å². The summed E-state index contributed by atoms with van der Waals surface area (Å²) >= 11 is 0. The van der Waals surface area contributed by atoms with Crippen molar-refractivity contribution in [2.24, 2.45) is 0 Å². The van der Waals surface area contributed by atoms with Gasteiger partial charge in [-0.1, -0.05) is 0 Å². The van der Waals surface area contributed by atoms with Crippen molar-refractivity contribution in [2.45, 2.75) is 0 Å². The van der Waals surface area contributed by atoms with Gasteiger partial charge in [-0.25, -0.2) is 4.79 Å². The van der Waals surface area contributed by atoms with E-state index >= 15 is 0 Å². The first-order valence-corrected chi connectivity index (χ1v) is 10.7. The van der Waals surface area contributed by atoms with Crippen molar-refractivity contribution in [3.05, 3.63) is 0 Å². The van der Waals surface area contributed by atoms with Crippen LogP contribution in [0.4, 0.5) is 4.79 Å². The van der Waals surface area contributed by atoms with Crippen molar-refractivity contribution in [3.8, 4) is 0 Å². The minimum Gasteiger partial charge on any atom is -1.00 e. The minimum absolute atomic E-state index is 0. The SMILES string of the molecule is COCCOCCOCCOCCOCCOCCOC(=O)N1CC[N+](C)(C)CC1.[I-]. The van der Waals surface area contributed by atoms with Gasteiger partial charge in [-0.2, -0.15) is 0 Å². The van der Waals surface area contributed by atoms with E-state index in [-0.39, 0.29) is 36.7 Å². The van der Waals surface area contributed by atoms with Crippen LogP contribution in [-0.2, 0) is 33.2 Å². The Morgan fingerprint density at radius 1 is 0.677 bits per heavy atom. The topological polar surface area (TPSA) is 84.9 Å². The average Bonchev–Trinajstić information content (AvgIpc) is 2.72. The maximum absolute atomic E-state index is 12.0. The van der Waals surface area contributed by atoms with Gasteiger partial charge >= 0.3 is 6.09 Å². The first-order chi connectivity index (χ1) is 14.5. The van der Waals surface area contributed by atoms with Crippen molar-refractivity contribution in [1.29, 1.82) is 0 Å². The average molecular weight is 564 g/mol. The van der Waals surface area contributed by atoms with Crippen LogP contribution in [0.1, 0.15) is 0 Å². The number of rotatable bonds is 18. The third kappa shape index (κ3) is 17.9. The molecule has 0 aromatic rings. The number of amides is 1. The van der Waals surface area contributed by atoms with Crippen LogP contribution < -0.4 is 24.0 Å². The molecule has 0 atom stereocenters. The number of ether oxygens (including phenoxy) is 7. The highest BCUT2D eigenvalue weighted by Gasteiger charge is 2.27. The molecular formula is C20H41IN2O8. The van der Waals surface area contributed by atoms with E-state index in [2.05, 4.69) is 14.1 Å². The molecule has 0 unspecified atom stereocenters. The van der Waals surface area contributed by atoms with Gasteiger partial charge in [0.1, 0.15) is 6.61 Å². The summed E-state index contributed by atoms with van der Waals surface area (Å²) in [5.74, 6) is 0. The lowest BCUT2D eigenvalue weighted by Crippen LogP contribution is -3.00. The van der Waals surface area contributed by atoms with E-state index in [9.17, 15) is 4.79 Å². The van der Waals surface area contributed by atoms with E-state index in [1.165, 1.54) is 0 Å². The molecule has 1 aliphatic rings. The number of carbonyl (C=O) groups is 1. The molecular weight excluding hydrogens is 523 g/mol. The largest absolute Gasteiger partial charge is 1.00 e. The van der Waals surface area contributed by atoms with Crippen LogP contribution in [0.15, 0.2) is 0 Å². The Hall–Kier alpha value is -0.280. The molecule has 1 saturated heterocycles. The Morgan fingerprint density at radius 3 is 1.42 bits per heavy atom. The summed E-state index contributed by atoms with van der Waals surface area (Å²) in [6.45, 7) is 9.28. The summed E-state index contributed by atoms with van der Waals surface area (Å²) in [6, 6.07) is 0. The third-order valence-corrected chi connectivity index (χ3v) is 4.58. The molecule has 1 amide bonds. The second-order valence-electron chi connectivity index (χ2n) is 7.54. The van der Waals surface area contributed by atoms with Gasteiger partial charge in [-0.05, 0) is 0 Å². The quantitative estimate of drug-likeness (QED) is 0.101. The zero-order valence-electron chi connectivity index (χ0n) is 19.4. The van der Waals surface area contributed by atoms with Crippen molar-refractivity contribution in [2.75, 3.05) is 127 Å².